The molecule has 2 rings (SSSR count). The Morgan fingerprint density at radius 2 is 2.27 bits per heavy atom. The molecule has 0 radical (unpaired) electrons. The first-order chi connectivity index (χ1) is 10.1. The zero-order chi connectivity index (χ0) is 15.2. The molecule has 0 aliphatic carbocycles. The van der Waals surface area contributed by atoms with Gasteiger partial charge in [-0.3, -0.25) is 9.69 Å². The van der Waals surface area contributed by atoms with Crippen molar-refractivity contribution in [3.8, 4) is 0 Å². The third-order valence-corrected chi connectivity index (χ3v) is 4.35. The monoisotopic (exact) mass is 393 g/mol. The topological polar surface area (TPSA) is 58.4 Å². The van der Waals surface area contributed by atoms with Crippen molar-refractivity contribution in [3.05, 3.63) is 34.1 Å². The Bertz CT molecular complexity index is 504. The van der Waals surface area contributed by atoms with Crippen molar-refractivity contribution in [1.82, 2.24) is 10.2 Å². The molecule has 1 aliphatic heterocycles. The van der Waals surface area contributed by atoms with E-state index in [0.717, 1.165) is 24.9 Å². The summed E-state index contributed by atoms with van der Waals surface area (Å²) in [5.41, 5.74) is 6.33. The van der Waals surface area contributed by atoms with Gasteiger partial charge >= 0.3 is 0 Å². The Kier molecular flexibility index (Phi) is 8.31. The van der Waals surface area contributed by atoms with Crippen LogP contribution in [0.15, 0.2) is 22.7 Å². The van der Waals surface area contributed by atoms with Gasteiger partial charge in [-0.15, -0.1) is 12.4 Å². The Morgan fingerprint density at radius 3 is 2.95 bits per heavy atom. The van der Waals surface area contributed by atoms with E-state index < -0.39 is 0 Å². The van der Waals surface area contributed by atoms with E-state index in [2.05, 4.69) is 26.1 Å². The smallest absolute Gasteiger partial charge is 0.224 e. The molecule has 1 fully saturated rings. The van der Waals surface area contributed by atoms with Crippen LogP contribution in [0.25, 0.3) is 0 Å². The highest BCUT2D eigenvalue weighted by atomic mass is 79.9. The lowest BCUT2D eigenvalue weighted by Gasteiger charge is -2.32. The highest BCUT2D eigenvalue weighted by molar-refractivity contribution is 9.10. The van der Waals surface area contributed by atoms with Gasteiger partial charge < -0.3 is 11.1 Å². The molecular formula is C15H22BrClFN3O. The molecule has 0 aromatic heterocycles. The number of hydrogen-bond acceptors (Lipinski definition) is 3. The Hall–Kier alpha value is -0.690. The maximum atomic E-state index is 13.5. The average Bonchev–Trinajstić information content (AvgIpc) is 2.49. The van der Waals surface area contributed by atoms with Gasteiger partial charge in [-0.1, -0.05) is 6.07 Å². The average molecular weight is 395 g/mol. The summed E-state index contributed by atoms with van der Waals surface area (Å²) in [4.78, 5) is 14.2. The number of carbonyl (C=O) groups excluding carboxylic acids is 1. The molecular weight excluding hydrogens is 373 g/mol. The molecule has 22 heavy (non-hydrogen) atoms. The van der Waals surface area contributed by atoms with E-state index in [1.54, 1.807) is 12.1 Å². The summed E-state index contributed by atoms with van der Waals surface area (Å²) in [7, 11) is 0. The standard InChI is InChI=1S/C15H21BrFN3O.ClH/c16-13-4-3-11(8-14(13)17)9-20-7-1-2-12(10-20)15(21)19-6-5-18;/h3-4,8,12H,1-2,5-7,9-10,18H2,(H,19,21);1H. The predicted octanol–water partition coefficient (Wildman–Crippen LogP) is 2.30. The molecule has 3 N–H and O–H groups in total. The molecule has 0 saturated carbocycles. The zero-order valence-electron chi connectivity index (χ0n) is 12.4. The van der Waals surface area contributed by atoms with Crippen LogP contribution in [0.1, 0.15) is 18.4 Å². The fourth-order valence-corrected chi connectivity index (χ4v) is 2.90. The summed E-state index contributed by atoms with van der Waals surface area (Å²) in [6.07, 6.45) is 1.89. The number of piperidine rings is 1. The van der Waals surface area contributed by atoms with Gasteiger partial charge in [0, 0.05) is 26.2 Å². The third kappa shape index (κ3) is 5.50. The van der Waals surface area contributed by atoms with Crippen molar-refractivity contribution >= 4 is 34.2 Å². The van der Waals surface area contributed by atoms with Crippen LogP contribution in [0.2, 0.25) is 0 Å². The maximum Gasteiger partial charge on any atom is 0.224 e. The molecule has 0 spiro atoms. The minimum absolute atomic E-state index is 0. The van der Waals surface area contributed by atoms with Crippen LogP contribution in [0, 0.1) is 11.7 Å². The van der Waals surface area contributed by atoms with Crippen LogP contribution in [0.3, 0.4) is 0 Å². The lowest BCUT2D eigenvalue weighted by atomic mass is 9.96. The second-order valence-electron chi connectivity index (χ2n) is 5.40. The van der Waals surface area contributed by atoms with Crippen LogP contribution in [-0.4, -0.2) is 37.0 Å². The fourth-order valence-electron chi connectivity index (χ4n) is 2.65. The van der Waals surface area contributed by atoms with Gasteiger partial charge in [0.25, 0.3) is 0 Å². The first kappa shape index (κ1) is 19.4. The summed E-state index contributed by atoms with van der Waals surface area (Å²) in [6, 6.07) is 5.17. The van der Waals surface area contributed by atoms with Gasteiger partial charge in [0.2, 0.25) is 5.91 Å². The molecule has 1 aliphatic rings. The van der Waals surface area contributed by atoms with Crippen LogP contribution >= 0.6 is 28.3 Å². The van der Waals surface area contributed by atoms with Gasteiger partial charge in [-0.25, -0.2) is 4.39 Å². The number of carbonyl (C=O) groups is 1. The SMILES string of the molecule is Cl.NCCNC(=O)C1CCCN(Cc2ccc(Br)c(F)c2)C1. The molecule has 1 heterocycles. The number of amides is 1. The number of nitrogens with two attached hydrogens (primary N) is 1. The molecule has 7 heteroatoms. The fraction of sp³-hybridized carbons (Fsp3) is 0.533. The minimum Gasteiger partial charge on any atom is -0.355 e. The van der Waals surface area contributed by atoms with E-state index in [-0.39, 0.29) is 30.0 Å². The second kappa shape index (κ2) is 9.45. The number of nitrogens with one attached hydrogen (secondary N) is 1. The van der Waals surface area contributed by atoms with E-state index in [1.165, 1.54) is 0 Å². The van der Waals surface area contributed by atoms with Gasteiger partial charge in [-0.05, 0) is 53.0 Å². The van der Waals surface area contributed by atoms with Gasteiger partial charge in [0.1, 0.15) is 5.82 Å². The second-order valence-corrected chi connectivity index (χ2v) is 6.26. The molecule has 1 amide bonds. The first-order valence-electron chi connectivity index (χ1n) is 7.24. The minimum atomic E-state index is -0.248. The number of halogens is 3. The van der Waals surface area contributed by atoms with Crippen molar-refractivity contribution in [1.29, 1.82) is 0 Å². The van der Waals surface area contributed by atoms with E-state index in [1.807, 2.05) is 6.07 Å². The van der Waals surface area contributed by atoms with Gasteiger partial charge in [0.05, 0.1) is 10.4 Å². The lowest BCUT2D eigenvalue weighted by Crippen LogP contribution is -2.43. The summed E-state index contributed by atoms with van der Waals surface area (Å²) in [5.74, 6) is -0.167. The largest absolute Gasteiger partial charge is 0.355 e. The normalized spacial score (nSPS) is 18.6. The molecule has 0 bridgehead atoms. The molecule has 1 unspecified atom stereocenters. The van der Waals surface area contributed by atoms with E-state index in [4.69, 9.17) is 5.73 Å². The molecule has 1 aromatic carbocycles. The molecule has 124 valence electrons. The lowest BCUT2D eigenvalue weighted by molar-refractivity contribution is -0.126. The summed E-state index contributed by atoms with van der Waals surface area (Å²) >= 11 is 3.16. The summed E-state index contributed by atoms with van der Waals surface area (Å²) in [5, 5.41) is 2.85. The molecule has 4 nitrogen and oxygen atoms in total. The highest BCUT2D eigenvalue weighted by Crippen LogP contribution is 2.21. The molecule has 1 aromatic rings. The molecule has 1 atom stereocenters. The quantitative estimate of drug-likeness (QED) is 0.805. The van der Waals surface area contributed by atoms with E-state index in [0.29, 0.717) is 30.7 Å². The Morgan fingerprint density at radius 1 is 1.50 bits per heavy atom. The summed E-state index contributed by atoms with van der Waals surface area (Å²) in [6.45, 7) is 3.31. The number of likely N-dealkylation sites (tertiary alicyclic amines) is 1. The van der Waals surface area contributed by atoms with E-state index >= 15 is 0 Å². The number of hydrogen-bond donors (Lipinski definition) is 2. The maximum absolute atomic E-state index is 13.5. The first-order valence-corrected chi connectivity index (χ1v) is 8.03. The van der Waals surface area contributed by atoms with Crippen LogP contribution < -0.4 is 11.1 Å². The van der Waals surface area contributed by atoms with Gasteiger partial charge in [0.15, 0.2) is 0 Å². The van der Waals surface area contributed by atoms with Crippen LogP contribution in [0.5, 0.6) is 0 Å². The number of rotatable bonds is 5. The van der Waals surface area contributed by atoms with E-state index in [9.17, 15) is 9.18 Å². The van der Waals surface area contributed by atoms with Crippen LogP contribution in [-0.2, 0) is 11.3 Å². The van der Waals surface area contributed by atoms with Gasteiger partial charge in [-0.2, -0.15) is 0 Å². The Labute approximate surface area is 145 Å². The van der Waals surface area contributed by atoms with Crippen LogP contribution in [0.4, 0.5) is 4.39 Å². The van der Waals surface area contributed by atoms with Crippen molar-refractivity contribution in [2.75, 3.05) is 26.2 Å². The highest BCUT2D eigenvalue weighted by Gasteiger charge is 2.25. The molecule has 1 saturated heterocycles. The number of nitrogens with zero attached hydrogens (tertiary/aromatic N) is 1. The third-order valence-electron chi connectivity index (χ3n) is 3.71. The zero-order valence-corrected chi connectivity index (χ0v) is 14.8. The van der Waals surface area contributed by atoms with Crippen molar-refractivity contribution < 1.29 is 9.18 Å². The predicted molar refractivity (Wildman–Crippen MR) is 91.4 cm³/mol. The van der Waals surface area contributed by atoms with Crippen molar-refractivity contribution in [2.45, 2.75) is 19.4 Å². The Balaban J connectivity index is 0.00000242. The summed E-state index contributed by atoms with van der Waals surface area (Å²) < 4.78 is 14.0. The van der Waals surface area contributed by atoms with Crippen molar-refractivity contribution in [3.63, 3.8) is 0 Å². The number of benzene rings is 1. The van der Waals surface area contributed by atoms with Crippen molar-refractivity contribution in [2.24, 2.45) is 11.7 Å².